The summed E-state index contributed by atoms with van der Waals surface area (Å²) in [4.78, 5) is 52.0. The van der Waals surface area contributed by atoms with E-state index in [-0.39, 0.29) is 17.7 Å². The molecule has 0 aromatic heterocycles. The summed E-state index contributed by atoms with van der Waals surface area (Å²) in [5, 5.41) is 5.33. The molecule has 0 unspecified atom stereocenters. The zero-order valence-corrected chi connectivity index (χ0v) is 17.8. The number of carbonyl (C=O) groups excluding carboxylic acids is 4. The molecule has 1 aliphatic heterocycles. The molecule has 4 amide bonds. The van der Waals surface area contributed by atoms with Crippen LogP contribution in [0.2, 0.25) is 0 Å². The Morgan fingerprint density at radius 1 is 0.848 bits per heavy atom. The van der Waals surface area contributed by atoms with E-state index >= 15 is 0 Å². The van der Waals surface area contributed by atoms with E-state index < -0.39 is 30.0 Å². The highest BCUT2D eigenvalue weighted by atomic mass is 16.5. The molecule has 1 aliphatic rings. The van der Waals surface area contributed by atoms with Crippen LogP contribution in [0.4, 0.5) is 10.5 Å². The van der Waals surface area contributed by atoms with Gasteiger partial charge in [0.05, 0.1) is 29.5 Å². The van der Waals surface area contributed by atoms with Crippen molar-refractivity contribution in [3.05, 3.63) is 101 Å². The summed E-state index contributed by atoms with van der Waals surface area (Å²) >= 11 is 0. The van der Waals surface area contributed by atoms with E-state index in [1.807, 2.05) is 30.3 Å². The van der Waals surface area contributed by atoms with E-state index in [1.54, 1.807) is 42.5 Å². The monoisotopic (exact) mass is 443 g/mol. The third-order valence-electron chi connectivity index (χ3n) is 5.29. The maximum atomic E-state index is 13.0. The van der Waals surface area contributed by atoms with E-state index in [0.29, 0.717) is 11.1 Å². The molecule has 0 saturated heterocycles. The van der Waals surface area contributed by atoms with Gasteiger partial charge in [-0.15, -0.1) is 0 Å². The van der Waals surface area contributed by atoms with Crippen LogP contribution in [0.3, 0.4) is 0 Å². The number of methoxy groups -OCH3 is 1. The van der Waals surface area contributed by atoms with Crippen molar-refractivity contribution in [2.24, 2.45) is 0 Å². The zero-order chi connectivity index (χ0) is 23.4. The summed E-state index contributed by atoms with van der Waals surface area (Å²) in [7, 11) is 1.25. The molecule has 8 heteroatoms. The Morgan fingerprint density at radius 2 is 1.42 bits per heavy atom. The first kappa shape index (κ1) is 21.8. The third kappa shape index (κ3) is 4.45. The van der Waals surface area contributed by atoms with Crippen molar-refractivity contribution in [3.63, 3.8) is 0 Å². The van der Waals surface area contributed by atoms with Gasteiger partial charge in [-0.2, -0.15) is 0 Å². The van der Waals surface area contributed by atoms with Crippen molar-refractivity contribution < 1.29 is 23.9 Å². The smallest absolute Gasteiger partial charge is 0.339 e. The van der Waals surface area contributed by atoms with Crippen LogP contribution in [-0.4, -0.2) is 42.0 Å². The summed E-state index contributed by atoms with van der Waals surface area (Å²) in [6.45, 7) is 0. The Labute approximate surface area is 190 Å². The van der Waals surface area contributed by atoms with Gasteiger partial charge >= 0.3 is 12.0 Å². The van der Waals surface area contributed by atoms with Gasteiger partial charge in [-0.05, 0) is 29.8 Å². The van der Waals surface area contributed by atoms with Gasteiger partial charge in [-0.25, -0.2) is 9.59 Å². The molecule has 0 bridgehead atoms. The molecule has 0 fully saturated rings. The largest absolute Gasteiger partial charge is 0.465 e. The molecule has 8 nitrogen and oxygen atoms in total. The first-order valence-corrected chi connectivity index (χ1v) is 10.3. The van der Waals surface area contributed by atoms with Crippen molar-refractivity contribution in [2.45, 2.75) is 12.6 Å². The molecule has 1 heterocycles. The molecule has 0 saturated carbocycles. The fourth-order valence-corrected chi connectivity index (χ4v) is 3.72. The number of urea groups is 1. The predicted octanol–water partition coefficient (Wildman–Crippen LogP) is 3.46. The number of nitrogens with one attached hydrogen (secondary N) is 2. The summed E-state index contributed by atoms with van der Waals surface area (Å²) in [5.41, 5.74) is 1.82. The molecule has 33 heavy (non-hydrogen) atoms. The molecule has 3 aromatic carbocycles. The Morgan fingerprint density at radius 3 is 2.06 bits per heavy atom. The number of hydrogen-bond acceptors (Lipinski definition) is 5. The fourth-order valence-electron chi connectivity index (χ4n) is 3.72. The average Bonchev–Trinajstić information content (AvgIpc) is 3.09. The topological polar surface area (TPSA) is 105 Å². The van der Waals surface area contributed by atoms with Crippen LogP contribution < -0.4 is 10.6 Å². The number of imide groups is 1. The molecule has 0 radical (unpaired) electrons. The van der Waals surface area contributed by atoms with Crippen LogP contribution in [0.1, 0.15) is 36.6 Å². The fraction of sp³-hybridized carbons (Fsp3) is 0.120. The first-order valence-electron chi connectivity index (χ1n) is 10.3. The predicted molar refractivity (Wildman–Crippen MR) is 121 cm³/mol. The van der Waals surface area contributed by atoms with Crippen LogP contribution in [0, 0.1) is 0 Å². The molecule has 2 N–H and O–H groups in total. The lowest BCUT2D eigenvalue weighted by molar-refractivity contribution is 0.0562. The zero-order valence-electron chi connectivity index (χ0n) is 17.8. The average molecular weight is 443 g/mol. The SMILES string of the molecule is COC(=O)c1ccccc1NC(=O)N[C@@H](Cc1ccccc1)N1C(=O)c2ccccc2C1=O. The molecule has 3 aromatic rings. The van der Waals surface area contributed by atoms with Gasteiger partial charge in [0.25, 0.3) is 11.8 Å². The van der Waals surface area contributed by atoms with Gasteiger partial charge in [0.2, 0.25) is 0 Å². The van der Waals surface area contributed by atoms with E-state index in [1.165, 1.54) is 13.2 Å². The molecule has 0 aliphatic carbocycles. The lowest BCUT2D eigenvalue weighted by Gasteiger charge is -2.27. The first-order chi connectivity index (χ1) is 16.0. The number of para-hydroxylation sites is 1. The maximum absolute atomic E-state index is 13.0. The summed E-state index contributed by atoms with van der Waals surface area (Å²) < 4.78 is 4.76. The minimum Gasteiger partial charge on any atom is -0.465 e. The Bertz CT molecular complexity index is 1190. The van der Waals surface area contributed by atoms with E-state index in [4.69, 9.17) is 4.74 Å². The lowest BCUT2D eigenvalue weighted by Crippen LogP contribution is -2.53. The normalized spacial score (nSPS) is 13.3. The quantitative estimate of drug-likeness (QED) is 0.448. The van der Waals surface area contributed by atoms with Gasteiger partial charge in [0.1, 0.15) is 6.17 Å². The number of amides is 4. The van der Waals surface area contributed by atoms with Crippen LogP contribution in [0.15, 0.2) is 78.9 Å². The number of anilines is 1. The highest BCUT2D eigenvalue weighted by molar-refractivity contribution is 6.21. The van der Waals surface area contributed by atoms with Crippen LogP contribution in [0.5, 0.6) is 0 Å². The van der Waals surface area contributed by atoms with Crippen LogP contribution in [0.25, 0.3) is 0 Å². The Kier molecular flexibility index (Phi) is 6.17. The van der Waals surface area contributed by atoms with Crippen molar-refractivity contribution in [2.75, 3.05) is 12.4 Å². The Hall–Kier alpha value is -4.46. The number of esters is 1. The van der Waals surface area contributed by atoms with Crippen LogP contribution >= 0.6 is 0 Å². The molecule has 1 atom stereocenters. The number of rotatable bonds is 6. The summed E-state index contributed by atoms with van der Waals surface area (Å²) in [5.74, 6) is -1.56. The van der Waals surface area contributed by atoms with E-state index in [0.717, 1.165) is 10.5 Å². The summed E-state index contributed by atoms with van der Waals surface area (Å²) in [6, 6.07) is 21.5. The Balaban J connectivity index is 1.60. The number of ether oxygens (including phenoxy) is 1. The summed E-state index contributed by atoms with van der Waals surface area (Å²) in [6.07, 6.45) is -0.747. The lowest BCUT2D eigenvalue weighted by atomic mass is 10.1. The number of nitrogens with zero attached hydrogens (tertiary/aromatic N) is 1. The molecule has 166 valence electrons. The maximum Gasteiger partial charge on any atom is 0.339 e. The second kappa shape index (κ2) is 9.35. The third-order valence-corrected chi connectivity index (χ3v) is 5.29. The number of fused-ring (bicyclic) bond motifs is 1. The minimum atomic E-state index is -0.954. The number of hydrogen-bond donors (Lipinski definition) is 2. The highest BCUT2D eigenvalue weighted by Gasteiger charge is 2.40. The molecule has 4 rings (SSSR count). The van der Waals surface area contributed by atoms with Gasteiger partial charge in [0.15, 0.2) is 0 Å². The second-order valence-corrected chi connectivity index (χ2v) is 7.37. The van der Waals surface area contributed by atoms with Gasteiger partial charge < -0.3 is 15.4 Å². The van der Waals surface area contributed by atoms with E-state index in [2.05, 4.69) is 10.6 Å². The van der Waals surface area contributed by atoms with Gasteiger partial charge in [-0.1, -0.05) is 54.6 Å². The van der Waals surface area contributed by atoms with Crippen LogP contribution in [-0.2, 0) is 11.2 Å². The highest BCUT2D eigenvalue weighted by Crippen LogP contribution is 2.25. The van der Waals surface area contributed by atoms with Crippen molar-refractivity contribution in [1.29, 1.82) is 0 Å². The standard InChI is InChI=1S/C25H21N3O5/c1-33-24(31)19-13-7-8-14-20(19)26-25(32)27-21(15-16-9-3-2-4-10-16)28-22(29)17-11-5-6-12-18(17)23(28)30/h2-14,21H,15H2,1H3,(H2,26,27,32)/t21-/m1/s1. The van der Waals surface area contributed by atoms with Crippen molar-refractivity contribution in [3.8, 4) is 0 Å². The molecular weight excluding hydrogens is 422 g/mol. The van der Waals surface area contributed by atoms with Crippen molar-refractivity contribution in [1.82, 2.24) is 10.2 Å². The van der Waals surface area contributed by atoms with E-state index in [9.17, 15) is 19.2 Å². The second-order valence-electron chi connectivity index (χ2n) is 7.37. The van der Waals surface area contributed by atoms with Gasteiger partial charge in [-0.3, -0.25) is 14.5 Å². The molecular formula is C25H21N3O5. The van der Waals surface area contributed by atoms with Crippen molar-refractivity contribution >= 4 is 29.5 Å². The number of benzene rings is 3. The van der Waals surface area contributed by atoms with Gasteiger partial charge in [0, 0.05) is 6.42 Å². The molecule has 0 spiro atoms. The number of carbonyl (C=O) groups is 4. The minimum absolute atomic E-state index is 0.176.